The number of ether oxygens (including phenoxy) is 1. The lowest BCUT2D eigenvalue weighted by atomic mass is 9.73. The van der Waals surface area contributed by atoms with Gasteiger partial charge in [0.05, 0.1) is 5.60 Å². The van der Waals surface area contributed by atoms with Crippen LogP contribution in [-0.2, 0) is 4.74 Å². The topological polar surface area (TPSA) is 44.7 Å². The van der Waals surface area contributed by atoms with Crippen molar-refractivity contribution in [2.75, 3.05) is 46.9 Å². The summed E-state index contributed by atoms with van der Waals surface area (Å²) in [6.45, 7) is 4.37. The van der Waals surface area contributed by atoms with Gasteiger partial charge in [-0.1, -0.05) is 19.3 Å². The number of nitrogens with one attached hydrogen (secondary N) is 1. The fourth-order valence-electron chi connectivity index (χ4n) is 4.11. The van der Waals surface area contributed by atoms with Gasteiger partial charge in [-0.2, -0.15) is 0 Å². The molecule has 2 N–H and O–H groups in total. The molecule has 2 fully saturated rings. The number of hydrogen-bond acceptors (Lipinski definition) is 4. The molecule has 1 aliphatic heterocycles. The van der Waals surface area contributed by atoms with Gasteiger partial charge in [-0.25, -0.2) is 0 Å². The Hall–Kier alpha value is -0.160. The van der Waals surface area contributed by atoms with Crippen molar-refractivity contribution < 1.29 is 9.84 Å². The van der Waals surface area contributed by atoms with E-state index in [9.17, 15) is 5.11 Å². The van der Waals surface area contributed by atoms with Crippen LogP contribution in [0.3, 0.4) is 0 Å². The van der Waals surface area contributed by atoms with Crippen LogP contribution in [0.25, 0.3) is 0 Å². The predicted octanol–water partition coefficient (Wildman–Crippen LogP) is 1.63. The minimum atomic E-state index is -0.539. The highest BCUT2D eigenvalue weighted by Crippen LogP contribution is 2.36. The lowest BCUT2D eigenvalue weighted by molar-refractivity contribution is -0.0812. The summed E-state index contributed by atoms with van der Waals surface area (Å²) in [5.74, 6) is 0. The third-order valence-electron chi connectivity index (χ3n) is 5.06. The molecule has 0 amide bonds. The van der Waals surface area contributed by atoms with Crippen LogP contribution >= 0.6 is 0 Å². The Morgan fingerprint density at radius 3 is 2.30 bits per heavy atom. The zero-order chi connectivity index (χ0) is 14.5. The first-order chi connectivity index (χ1) is 9.58. The standard InChI is InChI=1S/C16H32N2O2/c1-17-12-15(6-4-3-5-7-15)13-18(2)14-16(19)8-10-20-11-9-16/h17,19H,3-14H2,1-2H3. The highest BCUT2D eigenvalue weighted by Gasteiger charge is 2.36. The van der Waals surface area contributed by atoms with Crippen LogP contribution in [0.5, 0.6) is 0 Å². The largest absolute Gasteiger partial charge is 0.388 e. The minimum Gasteiger partial charge on any atom is -0.388 e. The van der Waals surface area contributed by atoms with E-state index in [-0.39, 0.29) is 0 Å². The van der Waals surface area contributed by atoms with E-state index in [2.05, 4.69) is 24.3 Å². The number of likely N-dealkylation sites (N-methyl/N-ethyl adjacent to an activating group) is 1. The van der Waals surface area contributed by atoms with Crippen LogP contribution < -0.4 is 5.32 Å². The summed E-state index contributed by atoms with van der Waals surface area (Å²) >= 11 is 0. The summed E-state index contributed by atoms with van der Waals surface area (Å²) in [6.07, 6.45) is 8.28. The molecule has 0 aromatic carbocycles. The summed E-state index contributed by atoms with van der Waals surface area (Å²) in [4.78, 5) is 2.36. The van der Waals surface area contributed by atoms with Crippen LogP contribution in [0.1, 0.15) is 44.9 Å². The highest BCUT2D eigenvalue weighted by atomic mass is 16.5. The smallest absolute Gasteiger partial charge is 0.0817 e. The van der Waals surface area contributed by atoms with E-state index in [1.54, 1.807) is 0 Å². The monoisotopic (exact) mass is 284 g/mol. The second-order valence-electron chi connectivity index (χ2n) is 7.10. The predicted molar refractivity (Wildman–Crippen MR) is 81.9 cm³/mol. The number of rotatable bonds is 6. The van der Waals surface area contributed by atoms with Crippen LogP contribution in [0.15, 0.2) is 0 Å². The second kappa shape index (κ2) is 7.21. The van der Waals surface area contributed by atoms with Gasteiger partial charge in [-0.05, 0) is 32.4 Å². The van der Waals surface area contributed by atoms with Crippen molar-refractivity contribution in [1.82, 2.24) is 10.2 Å². The maximum absolute atomic E-state index is 10.6. The van der Waals surface area contributed by atoms with E-state index in [1.165, 1.54) is 32.1 Å². The molecule has 0 bridgehead atoms. The fraction of sp³-hybridized carbons (Fsp3) is 1.00. The Morgan fingerprint density at radius 2 is 1.70 bits per heavy atom. The molecule has 0 aromatic rings. The summed E-state index contributed by atoms with van der Waals surface area (Å²) in [6, 6.07) is 0. The quantitative estimate of drug-likeness (QED) is 0.778. The third-order valence-corrected chi connectivity index (χ3v) is 5.06. The van der Waals surface area contributed by atoms with Crippen molar-refractivity contribution in [2.45, 2.75) is 50.5 Å². The molecule has 0 aromatic heterocycles. The van der Waals surface area contributed by atoms with Gasteiger partial charge in [0.25, 0.3) is 0 Å². The van der Waals surface area contributed by atoms with E-state index in [0.717, 1.165) is 32.5 Å². The molecule has 0 atom stereocenters. The van der Waals surface area contributed by atoms with Crippen molar-refractivity contribution in [2.24, 2.45) is 5.41 Å². The molecule has 2 aliphatic rings. The normalized spacial score (nSPS) is 25.8. The number of nitrogens with zero attached hydrogens (tertiary/aromatic N) is 1. The van der Waals surface area contributed by atoms with Crippen LogP contribution in [0, 0.1) is 5.41 Å². The summed E-state index contributed by atoms with van der Waals surface area (Å²) in [5, 5.41) is 14.0. The molecule has 4 nitrogen and oxygen atoms in total. The summed E-state index contributed by atoms with van der Waals surface area (Å²) in [5.41, 5.74) is -0.133. The molecule has 0 radical (unpaired) electrons. The first kappa shape index (κ1) is 16.2. The molecular weight excluding hydrogens is 252 g/mol. The van der Waals surface area contributed by atoms with E-state index in [1.807, 2.05) is 0 Å². The van der Waals surface area contributed by atoms with Crippen molar-refractivity contribution >= 4 is 0 Å². The average Bonchev–Trinajstić information content (AvgIpc) is 2.39. The number of aliphatic hydroxyl groups is 1. The Kier molecular flexibility index (Phi) is 5.84. The molecule has 2 rings (SSSR count). The first-order valence-electron chi connectivity index (χ1n) is 8.21. The van der Waals surface area contributed by atoms with Gasteiger partial charge in [0.2, 0.25) is 0 Å². The zero-order valence-corrected chi connectivity index (χ0v) is 13.3. The van der Waals surface area contributed by atoms with Crippen LogP contribution in [-0.4, -0.2) is 62.6 Å². The Bertz CT molecular complexity index is 279. The molecule has 1 aliphatic carbocycles. The average molecular weight is 284 g/mol. The maximum Gasteiger partial charge on any atom is 0.0817 e. The molecule has 1 heterocycles. The van der Waals surface area contributed by atoms with Gasteiger partial charge in [-0.15, -0.1) is 0 Å². The Balaban J connectivity index is 1.88. The van der Waals surface area contributed by atoms with Gasteiger partial charge < -0.3 is 20.1 Å². The Labute approximate surface area is 123 Å². The van der Waals surface area contributed by atoms with Crippen LogP contribution in [0.2, 0.25) is 0 Å². The molecular formula is C16H32N2O2. The van der Waals surface area contributed by atoms with Crippen molar-refractivity contribution in [3.05, 3.63) is 0 Å². The van der Waals surface area contributed by atoms with E-state index in [0.29, 0.717) is 18.6 Å². The van der Waals surface area contributed by atoms with E-state index >= 15 is 0 Å². The van der Waals surface area contributed by atoms with Gasteiger partial charge in [0, 0.05) is 45.7 Å². The zero-order valence-electron chi connectivity index (χ0n) is 13.3. The number of hydrogen-bond donors (Lipinski definition) is 2. The SMILES string of the molecule is CNCC1(CN(C)CC2(O)CCOCC2)CCCCC1. The molecule has 20 heavy (non-hydrogen) atoms. The van der Waals surface area contributed by atoms with Crippen molar-refractivity contribution in [1.29, 1.82) is 0 Å². The van der Waals surface area contributed by atoms with Crippen LogP contribution in [0.4, 0.5) is 0 Å². The first-order valence-corrected chi connectivity index (χ1v) is 8.21. The van der Waals surface area contributed by atoms with Crippen molar-refractivity contribution in [3.8, 4) is 0 Å². The Morgan fingerprint density at radius 1 is 1.05 bits per heavy atom. The lowest BCUT2D eigenvalue weighted by Crippen LogP contribution is -2.50. The molecule has 0 unspecified atom stereocenters. The fourth-order valence-corrected chi connectivity index (χ4v) is 4.11. The highest BCUT2D eigenvalue weighted by molar-refractivity contribution is 4.90. The van der Waals surface area contributed by atoms with Gasteiger partial charge in [-0.3, -0.25) is 0 Å². The van der Waals surface area contributed by atoms with E-state index in [4.69, 9.17) is 4.74 Å². The minimum absolute atomic E-state index is 0.406. The van der Waals surface area contributed by atoms with Gasteiger partial charge in [0.15, 0.2) is 0 Å². The second-order valence-corrected chi connectivity index (χ2v) is 7.10. The van der Waals surface area contributed by atoms with Gasteiger partial charge in [0.1, 0.15) is 0 Å². The molecule has 1 saturated heterocycles. The summed E-state index contributed by atoms with van der Waals surface area (Å²) < 4.78 is 5.37. The molecule has 4 heteroatoms. The third kappa shape index (κ3) is 4.42. The lowest BCUT2D eigenvalue weighted by Gasteiger charge is -2.43. The molecule has 118 valence electrons. The molecule has 1 saturated carbocycles. The summed E-state index contributed by atoms with van der Waals surface area (Å²) in [7, 11) is 4.22. The molecule has 0 spiro atoms. The maximum atomic E-state index is 10.6. The van der Waals surface area contributed by atoms with Crippen molar-refractivity contribution in [3.63, 3.8) is 0 Å². The van der Waals surface area contributed by atoms with E-state index < -0.39 is 5.60 Å². The van der Waals surface area contributed by atoms with Gasteiger partial charge >= 0.3 is 0 Å².